The molecule has 0 aliphatic carbocycles. The van der Waals surface area contributed by atoms with E-state index in [2.05, 4.69) is 19.9 Å². The first-order valence-electron chi connectivity index (χ1n) is 3.53. The van der Waals surface area contributed by atoms with Crippen molar-refractivity contribution in [3.8, 4) is 0 Å². The van der Waals surface area contributed by atoms with Crippen LogP contribution in [0.2, 0.25) is 0 Å². The lowest BCUT2D eigenvalue weighted by molar-refractivity contribution is 0.556. The Labute approximate surface area is 61.4 Å². The maximum atomic E-state index is 5.13. The predicted octanol–water partition coefficient (Wildman–Crippen LogP) is 3.09. The Bertz CT molecular complexity index is 207. The van der Waals surface area contributed by atoms with Crippen LogP contribution in [0.5, 0.6) is 0 Å². The van der Waals surface area contributed by atoms with Crippen LogP contribution in [0.15, 0.2) is 28.4 Å². The lowest BCUT2D eigenvalue weighted by Crippen LogP contribution is -1.69. The first-order chi connectivity index (χ1) is 4.83. The Balaban J connectivity index is 2.71. The van der Waals surface area contributed by atoms with Crippen LogP contribution >= 0.6 is 0 Å². The molecule has 0 radical (unpaired) electrons. The van der Waals surface area contributed by atoms with Gasteiger partial charge in [0.15, 0.2) is 0 Å². The molecule has 0 unspecified atom stereocenters. The average molecular weight is 136 g/mol. The summed E-state index contributed by atoms with van der Waals surface area (Å²) in [5.41, 5.74) is 1.34. The highest BCUT2D eigenvalue weighted by Crippen LogP contribution is 2.08. The van der Waals surface area contributed by atoms with Gasteiger partial charge in [-0.2, -0.15) is 0 Å². The van der Waals surface area contributed by atoms with Gasteiger partial charge >= 0.3 is 0 Å². The third kappa shape index (κ3) is 1.76. The summed E-state index contributed by atoms with van der Waals surface area (Å²) in [6.45, 7) is 4.23. The molecule has 0 aliphatic heterocycles. The topological polar surface area (TPSA) is 13.1 Å². The van der Waals surface area contributed by atoms with Crippen LogP contribution in [-0.2, 0) is 0 Å². The first-order valence-corrected chi connectivity index (χ1v) is 3.53. The van der Waals surface area contributed by atoms with Crippen LogP contribution in [0.3, 0.4) is 0 Å². The SMILES string of the molecule is CC/C(C)=C/c1ccco1. The van der Waals surface area contributed by atoms with Gasteiger partial charge in [-0.3, -0.25) is 0 Å². The Hall–Kier alpha value is -0.980. The third-order valence-electron chi connectivity index (χ3n) is 1.49. The molecule has 1 aromatic rings. The summed E-state index contributed by atoms with van der Waals surface area (Å²) in [4.78, 5) is 0. The van der Waals surface area contributed by atoms with Crippen LogP contribution < -0.4 is 0 Å². The summed E-state index contributed by atoms with van der Waals surface area (Å²) in [5.74, 6) is 0.944. The molecule has 0 atom stereocenters. The normalized spacial score (nSPS) is 12.0. The quantitative estimate of drug-likeness (QED) is 0.609. The van der Waals surface area contributed by atoms with Crippen molar-refractivity contribution in [1.82, 2.24) is 0 Å². The monoisotopic (exact) mass is 136 g/mol. The van der Waals surface area contributed by atoms with E-state index in [1.807, 2.05) is 12.1 Å². The van der Waals surface area contributed by atoms with Crippen molar-refractivity contribution < 1.29 is 4.42 Å². The molecule has 1 nitrogen and oxygen atoms in total. The van der Waals surface area contributed by atoms with Gasteiger partial charge in [0, 0.05) is 0 Å². The molecule has 0 N–H and O–H groups in total. The van der Waals surface area contributed by atoms with E-state index in [-0.39, 0.29) is 0 Å². The number of hydrogen-bond donors (Lipinski definition) is 0. The van der Waals surface area contributed by atoms with E-state index >= 15 is 0 Å². The first kappa shape index (κ1) is 7.13. The Kier molecular flexibility index (Phi) is 2.32. The van der Waals surface area contributed by atoms with E-state index in [9.17, 15) is 0 Å². The molecule has 1 heterocycles. The second-order valence-corrected chi connectivity index (χ2v) is 2.36. The van der Waals surface area contributed by atoms with Crippen molar-refractivity contribution in [1.29, 1.82) is 0 Å². The van der Waals surface area contributed by atoms with Crippen molar-refractivity contribution in [2.24, 2.45) is 0 Å². The van der Waals surface area contributed by atoms with Gasteiger partial charge in [0.2, 0.25) is 0 Å². The van der Waals surface area contributed by atoms with E-state index in [1.165, 1.54) is 5.57 Å². The number of rotatable bonds is 2. The highest BCUT2D eigenvalue weighted by molar-refractivity contribution is 5.45. The van der Waals surface area contributed by atoms with Gasteiger partial charge in [-0.05, 0) is 31.6 Å². The van der Waals surface area contributed by atoms with E-state index in [0.717, 1.165) is 12.2 Å². The van der Waals surface area contributed by atoms with Crippen LogP contribution in [0.25, 0.3) is 6.08 Å². The van der Waals surface area contributed by atoms with E-state index in [1.54, 1.807) is 6.26 Å². The molecule has 54 valence electrons. The van der Waals surface area contributed by atoms with Gasteiger partial charge < -0.3 is 4.42 Å². The van der Waals surface area contributed by atoms with Crippen molar-refractivity contribution in [2.75, 3.05) is 0 Å². The smallest absolute Gasteiger partial charge is 0.126 e. The van der Waals surface area contributed by atoms with Gasteiger partial charge in [-0.15, -0.1) is 0 Å². The maximum Gasteiger partial charge on any atom is 0.126 e. The van der Waals surface area contributed by atoms with Crippen molar-refractivity contribution >= 4 is 6.08 Å². The summed E-state index contributed by atoms with van der Waals surface area (Å²) in [5, 5.41) is 0. The van der Waals surface area contributed by atoms with E-state index in [4.69, 9.17) is 4.42 Å². The minimum absolute atomic E-state index is 0.944. The molecule has 10 heavy (non-hydrogen) atoms. The van der Waals surface area contributed by atoms with Gasteiger partial charge in [0.05, 0.1) is 6.26 Å². The summed E-state index contributed by atoms with van der Waals surface area (Å²) in [6.07, 6.45) is 4.83. The zero-order chi connectivity index (χ0) is 7.40. The fourth-order valence-electron chi connectivity index (χ4n) is 0.718. The Morgan fingerprint density at radius 1 is 1.70 bits per heavy atom. The predicted molar refractivity (Wildman–Crippen MR) is 42.7 cm³/mol. The Morgan fingerprint density at radius 3 is 3.00 bits per heavy atom. The number of hydrogen-bond acceptors (Lipinski definition) is 1. The number of allylic oxidation sites excluding steroid dienone is 1. The lowest BCUT2D eigenvalue weighted by atomic mass is 10.2. The van der Waals surface area contributed by atoms with Gasteiger partial charge in [0.25, 0.3) is 0 Å². The molecule has 0 fully saturated rings. The minimum atomic E-state index is 0.944. The Morgan fingerprint density at radius 2 is 2.50 bits per heavy atom. The molecule has 1 aromatic heterocycles. The van der Waals surface area contributed by atoms with Gasteiger partial charge in [-0.25, -0.2) is 0 Å². The standard InChI is InChI=1S/C9H12O/c1-3-8(2)7-9-5-4-6-10-9/h4-7H,3H2,1-2H3/b8-7+. The largest absolute Gasteiger partial charge is 0.465 e. The zero-order valence-corrected chi connectivity index (χ0v) is 6.42. The zero-order valence-electron chi connectivity index (χ0n) is 6.42. The summed E-state index contributed by atoms with van der Waals surface area (Å²) in [6, 6.07) is 3.86. The van der Waals surface area contributed by atoms with Crippen molar-refractivity contribution in [3.63, 3.8) is 0 Å². The average Bonchev–Trinajstić information content (AvgIpc) is 2.40. The fraction of sp³-hybridized carbons (Fsp3) is 0.333. The molecule has 0 saturated carbocycles. The van der Waals surface area contributed by atoms with Crippen molar-refractivity contribution in [2.45, 2.75) is 20.3 Å². The molecule has 0 aromatic carbocycles. The van der Waals surface area contributed by atoms with Crippen LogP contribution in [0.4, 0.5) is 0 Å². The molecule has 0 spiro atoms. The minimum Gasteiger partial charge on any atom is -0.465 e. The molecule has 0 bridgehead atoms. The molecule has 1 rings (SSSR count). The highest BCUT2D eigenvalue weighted by Gasteiger charge is 1.89. The van der Waals surface area contributed by atoms with Crippen molar-refractivity contribution in [3.05, 3.63) is 29.7 Å². The molecule has 0 aliphatic rings. The second-order valence-electron chi connectivity index (χ2n) is 2.36. The highest BCUT2D eigenvalue weighted by atomic mass is 16.3. The summed E-state index contributed by atoms with van der Waals surface area (Å²) in [7, 11) is 0. The molecule has 0 amide bonds. The van der Waals surface area contributed by atoms with Crippen LogP contribution in [-0.4, -0.2) is 0 Å². The summed E-state index contributed by atoms with van der Waals surface area (Å²) >= 11 is 0. The molecular weight excluding hydrogens is 124 g/mol. The van der Waals surface area contributed by atoms with Gasteiger partial charge in [-0.1, -0.05) is 12.5 Å². The third-order valence-corrected chi connectivity index (χ3v) is 1.49. The van der Waals surface area contributed by atoms with E-state index < -0.39 is 0 Å². The van der Waals surface area contributed by atoms with Crippen LogP contribution in [0.1, 0.15) is 26.0 Å². The maximum absolute atomic E-state index is 5.13. The fourth-order valence-corrected chi connectivity index (χ4v) is 0.718. The van der Waals surface area contributed by atoms with Gasteiger partial charge in [0.1, 0.15) is 5.76 Å². The molecule has 1 heteroatoms. The molecule has 0 saturated heterocycles. The summed E-state index contributed by atoms with van der Waals surface area (Å²) < 4.78 is 5.13. The lowest BCUT2D eigenvalue weighted by Gasteiger charge is -1.90. The van der Waals surface area contributed by atoms with E-state index in [0.29, 0.717) is 0 Å². The van der Waals surface area contributed by atoms with Crippen LogP contribution in [0, 0.1) is 0 Å². The number of furan rings is 1. The second kappa shape index (κ2) is 3.25. The molecular formula is C9H12O.